The van der Waals surface area contributed by atoms with Crippen molar-refractivity contribution in [2.45, 2.75) is 6.54 Å². The first-order chi connectivity index (χ1) is 16.7. The molecule has 172 valence electrons. The van der Waals surface area contributed by atoms with Crippen LogP contribution in [0.1, 0.15) is 15.9 Å². The maximum Gasteiger partial charge on any atom is 0.339 e. The van der Waals surface area contributed by atoms with Gasteiger partial charge in [0.2, 0.25) is 0 Å². The van der Waals surface area contributed by atoms with E-state index in [4.69, 9.17) is 4.74 Å². The second kappa shape index (κ2) is 10.2. The number of esters is 1. The molecular formula is C27H25N3O3S. The Bertz CT molecular complexity index is 1260. The summed E-state index contributed by atoms with van der Waals surface area (Å²) in [5, 5.41) is 0.759. The van der Waals surface area contributed by atoms with Crippen LogP contribution >= 0.6 is 11.3 Å². The first-order valence-corrected chi connectivity index (χ1v) is 12.2. The Morgan fingerprint density at radius 2 is 1.56 bits per heavy atom. The van der Waals surface area contributed by atoms with Gasteiger partial charge in [-0.2, -0.15) is 0 Å². The van der Waals surface area contributed by atoms with Gasteiger partial charge in [-0.3, -0.25) is 9.69 Å². The molecule has 0 spiro atoms. The first kappa shape index (κ1) is 22.3. The Balaban J connectivity index is 1.18. The van der Waals surface area contributed by atoms with Crippen molar-refractivity contribution in [3.05, 3.63) is 90.0 Å². The summed E-state index contributed by atoms with van der Waals surface area (Å²) in [4.78, 5) is 34.3. The lowest BCUT2D eigenvalue weighted by Crippen LogP contribution is -2.49. The Hall–Kier alpha value is -3.55. The van der Waals surface area contributed by atoms with Crippen LogP contribution in [0.4, 0.5) is 0 Å². The second-order valence-electron chi connectivity index (χ2n) is 8.25. The molecular weight excluding hydrogens is 446 g/mol. The van der Waals surface area contributed by atoms with E-state index in [1.54, 1.807) is 17.0 Å². The smallest absolute Gasteiger partial charge is 0.339 e. The van der Waals surface area contributed by atoms with E-state index in [0.717, 1.165) is 40.4 Å². The lowest BCUT2D eigenvalue weighted by molar-refractivity contribution is -0.136. The van der Waals surface area contributed by atoms with Crippen LogP contribution in [0.15, 0.2) is 78.9 Å². The van der Waals surface area contributed by atoms with Crippen molar-refractivity contribution in [2.75, 3.05) is 32.8 Å². The molecule has 0 bridgehead atoms. The van der Waals surface area contributed by atoms with E-state index >= 15 is 0 Å². The number of carbonyl (C=O) groups excluding carboxylic acids is 2. The van der Waals surface area contributed by atoms with Crippen molar-refractivity contribution in [1.29, 1.82) is 0 Å². The average Bonchev–Trinajstić information content (AvgIpc) is 3.32. The molecule has 0 atom stereocenters. The van der Waals surface area contributed by atoms with Gasteiger partial charge in [-0.1, -0.05) is 60.7 Å². The molecule has 0 saturated carbocycles. The van der Waals surface area contributed by atoms with Gasteiger partial charge in [0.05, 0.1) is 15.8 Å². The number of ether oxygens (including phenoxy) is 1. The number of piperazine rings is 1. The lowest BCUT2D eigenvalue weighted by Gasteiger charge is -2.34. The van der Waals surface area contributed by atoms with Crippen LogP contribution in [-0.2, 0) is 16.1 Å². The quantitative estimate of drug-likeness (QED) is 0.389. The number of carbonyl (C=O) groups is 2. The second-order valence-corrected chi connectivity index (χ2v) is 9.28. The minimum Gasteiger partial charge on any atom is -0.452 e. The molecule has 1 aromatic heterocycles. The number of hydrogen-bond donors (Lipinski definition) is 0. The highest BCUT2D eigenvalue weighted by atomic mass is 32.1. The van der Waals surface area contributed by atoms with Crippen LogP contribution in [0.2, 0.25) is 0 Å². The van der Waals surface area contributed by atoms with E-state index in [2.05, 4.69) is 22.0 Å². The highest BCUT2D eigenvalue weighted by Crippen LogP contribution is 2.32. The summed E-state index contributed by atoms with van der Waals surface area (Å²) >= 11 is 1.53. The third-order valence-electron chi connectivity index (χ3n) is 5.97. The van der Waals surface area contributed by atoms with Gasteiger partial charge in [-0.25, -0.2) is 9.78 Å². The minimum atomic E-state index is -0.508. The summed E-state index contributed by atoms with van der Waals surface area (Å²) in [7, 11) is 0. The number of para-hydroxylation sites is 1. The number of amides is 1. The molecule has 1 fully saturated rings. The zero-order chi connectivity index (χ0) is 23.3. The van der Waals surface area contributed by atoms with E-state index in [9.17, 15) is 9.59 Å². The highest BCUT2D eigenvalue weighted by Gasteiger charge is 2.23. The molecule has 3 aromatic carbocycles. The molecule has 1 aliphatic heterocycles. The number of nitrogens with zero attached hydrogens (tertiary/aromatic N) is 3. The van der Waals surface area contributed by atoms with Gasteiger partial charge in [0.1, 0.15) is 5.01 Å². The van der Waals surface area contributed by atoms with E-state index in [-0.39, 0.29) is 12.5 Å². The molecule has 2 heterocycles. The summed E-state index contributed by atoms with van der Waals surface area (Å²) in [6.45, 7) is 3.48. The number of rotatable bonds is 6. The van der Waals surface area contributed by atoms with E-state index in [1.165, 1.54) is 16.9 Å². The van der Waals surface area contributed by atoms with Gasteiger partial charge < -0.3 is 9.64 Å². The van der Waals surface area contributed by atoms with Crippen molar-refractivity contribution in [2.24, 2.45) is 0 Å². The topological polar surface area (TPSA) is 62.7 Å². The first-order valence-electron chi connectivity index (χ1n) is 11.3. The monoisotopic (exact) mass is 471 g/mol. The molecule has 1 amide bonds. The Morgan fingerprint density at radius 3 is 2.35 bits per heavy atom. The molecule has 6 nitrogen and oxygen atoms in total. The van der Waals surface area contributed by atoms with Crippen LogP contribution < -0.4 is 0 Å². The summed E-state index contributed by atoms with van der Waals surface area (Å²) < 4.78 is 6.49. The summed E-state index contributed by atoms with van der Waals surface area (Å²) in [5.41, 5.74) is 3.30. The van der Waals surface area contributed by atoms with Crippen molar-refractivity contribution in [1.82, 2.24) is 14.8 Å². The van der Waals surface area contributed by atoms with Crippen molar-refractivity contribution in [3.63, 3.8) is 0 Å². The highest BCUT2D eigenvalue weighted by molar-refractivity contribution is 7.21. The van der Waals surface area contributed by atoms with E-state index in [1.807, 2.05) is 54.6 Å². The fourth-order valence-electron chi connectivity index (χ4n) is 4.13. The van der Waals surface area contributed by atoms with Crippen LogP contribution in [0.25, 0.3) is 20.8 Å². The maximum absolute atomic E-state index is 12.9. The molecule has 1 aliphatic rings. The van der Waals surface area contributed by atoms with Crippen LogP contribution in [0.5, 0.6) is 0 Å². The minimum absolute atomic E-state index is 0.162. The normalized spacial score (nSPS) is 14.3. The average molecular weight is 472 g/mol. The fraction of sp³-hybridized carbons (Fsp3) is 0.222. The number of benzene rings is 3. The molecule has 0 aliphatic carbocycles. The fourth-order valence-corrected chi connectivity index (χ4v) is 5.13. The number of thiazole rings is 1. The van der Waals surface area contributed by atoms with Gasteiger partial charge in [0.15, 0.2) is 6.61 Å². The third-order valence-corrected chi connectivity index (χ3v) is 7.04. The van der Waals surface area contributed by atoms with E-state index < -0.39 is 5.97 Å². The van der Waals surface area contributed by atoms with Gasteiger partial charge >= 0.3 is 5.97 Å². The van der Waals surface area contributed by atoms with Crippen molar-refractivity contribution in [3.8, 4) is 10.6 Å². The third kappa shape index (κ3) is 5.00. The molecule has 7 heteroatoms. The summed E-state index contributed by atoms with van der Waals surface area (Å²) in [5.74, 6) is -0.670. The summed E-state index contributed by atoms with van der Waals surface area (Å²) in [6.07, 6.45) is 0. The lowest BCUT2D eigenvalue weighted by atomic mass is 10.1. The predicted octanol–water partition coefficient (Wildman–Crippen LogP) is 4.46. The molecule has 1 saturated heterocycles. The Kier molecular flexibility index (Phi) is 6.65. The van der Waals surface area contributed by atoms with Crippen molar-refractivity contribution >= 4 is 33.4 Å². The van der Waals surface area contributed by atoms with Gasteiger partial charge in [-0.05, 0) is 23.8 Å². The van der Waals surface area contributed by atoms with Crippen LogP contribution in [0.3, 0.4) is 0 Å². The Labute approximate surface area is 202 Å². The van der Waals surface area contributed by atoms with Crippen molar-refractivity contribution < 1.29 is 14.3 Å². The number of fused-ring (bicyclic) bond motifs is 1. The van der Waals surface area contributed by atoms with Gasteiger partial charge in [0.25, 0.3) is 5.91 Å². The largest absolute Gasteiger partial charge is 0.452 e. The van der Waals surface area contributed by atoms with Crippen LogP contribution in [0, 0.1) is 0 Å². The zero-order valence-electron chi connectivity index (χ0n) is 18.7. The molecule has 4 aromatic rings. The molecule has 0 radical (unpaired) electrons. The molecule has 5 rings (SSSR count). The van der Waals surface area contributed by atoms with Gasteiger partial charge in [-0.15, -0.1) is 11.3 Å². The standard InChI is InChI=1S/C27H25N3O3S/c31-25(30-16-14-29(15-17-30)18-20-8-2-1-3-9-20)19-33-27(32)22-11-5-4-10-21(22)26-28-23-12-6-7-13-24(23)34-26/h1-13H,14-19H2. The zero-order valence-corrected chi connectivity index (χ0v) is 19.5. The summed E-state index contributed by atoms with van der Waals surface area (Å²) in [6, 6.07) is 25.4. The number of aromatic nitrogens is 1. The predicted molar refractivity (Wildman–Crippen MR) is 134 cm³/mol. The maximum atomic E-state index is 12.9. The number of hydrogen-bond acceptors (Lipinski definition) is 6. The van der Waals surface area contributed by atoms with Crippen LogP contribution in [-0.4, -0.2) is 59.4 Å². The Morgan fingerprint density at radius 1 is 0.853 bits per heavy atom. The van der Waals surface area contributed by atoms with Gasteiger partial charge in [0, 0.05) is 38.3 Å². The molecule has 0 N–H and O–H groups in total. The molecule has 34 heavy (non-hydrogen) atoms. The van der Waals surface area contributed by atoms with E-state index in [0.29, 0.717) is 18.7 Å². The SMILES string of the molecule is O=C(OCC(=O)N1CCN(Cc2ccccc2)CC1)c1ccccc1-c1nc2ccccc2s1. The molecule has 0 unspecified atom stereocenters.